The molecule has 1 unspecified atom stereocenters. The van der Waals surface area contributed by atoms with Gasteiger partial charge in [0.1, 0.15) is 6.04 Å². The van der Waals surface area contributed by atoms with Gasteiger partial charge >= 0.3 is 5.97 Å². The molecule has 6 heteroatoms. The summed E-state index contributed by atoms with van der Waals surface area (Å²) >= 11 is 0. The molecule has 1 aromatic heterocycles. The highest BCUT2D eigenvalue weighted by atomic mass is 16.4. The van der Waals surface area contributed by atoms with Crippen molar-refractivity contribution in [3.05, 3.63) is 30.6 Å². The number of aromatic nitrogens is 2. The lowest BCUT2D eigenvalue weighted by molar-refractivity contribution is -0.141. The molecule has 2 rings (SSSR count). The minimum Gasteiger partial charge on any atom is -0.480 e. The van der Waals surface area contributed by atoms with E-state index in [1.165, 1.54) is 0 Å². The number of benzene rings is 1. The van der Waals surface area contributed by atoms with Crippen molar-refractivity contribution >= 4 is 22.9 Å². The first-order valence-corrected chi connectivity index (χ1v) is 6.47. The van der Waals surface area contributed by atoms with Gasteiger partial charge in [-0.15, -0.1) is 12.3 Å². The zero-order valence-corrected chi connectivity index (χ0v) is 11.3. The number of hydrogen-bond donors (Lipinski definition) is 2. The molecule has 0 radical (unpaired) electrons. The molecule has 0 aliphatic rings. The summed E-state index contributed by atoms with van der Waals surface area (Å²) in [4.78, 5) is 26.9. The van der Waals surface area contributed by atoms with Crippen LogP contribution < -0.4 is 5.32 Å². The molecule has 1 heterocycles. The largest absolute Gasteiger partial charge is 0.480 e. The number of rotatable bonds is 6. The Kier molecular flexibility index (Phi) is 4.57. The topological polar surface area (TPSA) is 84.2 Å². The standard InChI is InChI=1S/C15H15N3O3/c1-2-5-12(15(20)21)17-14(19)8-9-18-10-16-11-6-3-4-7-13(11)18/h1,3-4,6-7,10,12H,5,8-9H2,(H,17,19)(H,20,21). The minimum atomic E-state index is -1.13. The monoisotopic (exact) mass is 285 g/mol. The van der Waals surface area contributed by atoms with Gasteiger partial charge in [0.15, 0.2) is 0 Å². The highest BCUT2D eigenvalue weighted by Gasteiger charge is 2.18. The number of fused-ring (bicyclic) bond motifs is 1. The molecule has 0 aliphatic heterocycles. The molecular weight excluding hydrogens is 270 g/mol. The van der Waals surface area contributed by atoms with Crippen molar-refractivity contribution in [2.24, 2.45) is 0 Å². The van der Waals surface area contributed by atoms with E-state index >= 15 is 0 Å². The van der Waals surface area contributed by atoms with Gasteiger partial charge in [-0.2, -0.15) is 0 Å². The number of para-hydroxylation sites is 2. The molecule has 6 nitrogen and oxygen atoms in total. The van der Waals surface area contributed by atoms with Crippen molar-refractivity contribution in [1.29, 1.82) is 0 Å². The number of carboxylic acid groups (broad SMARTS) is 1. The normalized spacial score (nSPS) is 11.8. The van der Waals surface area contributed by atoms with E-state index in [4.69, 9.17) is 11.5 Å². The molecule has 0 saturated heterocycles. The van der Waals surface area contributed by atoms with E-state index in [1.807, 2.05) is 28.8 Å². The van der Waals surface area contributed by atoms with E-state index < -0.39 is 12.0 Å². The number of amides is 1. The molecule has 1 atom stereocenters. The van der Waals surface area contributed by atoms with E-state index in [0.29, 0.717) is 6.54 Å². The Balaban J connectivity index is 1.95. The summed E-state index contributed by atoms with van der Waals surface area (Å²) in [5.74, 6) is 0.756. The van der Waals surface area contributed by atoms with E-state index in [2.05, 4.69) is 16.2 Å². The maximum absolute atomic E-state index is 11.8. The molecule has 21 heavy (non-hydrogen) atoms. The average molecular weight is 285 g/mol. The van der Waals surface area contributed by atoms with Gasteiger partial charge in [-0.1, -0.05) is 12.1 Å². The fourth-order valence-corrected chi connectivity index (χ4v) is 1.99. The molecule has 1 amide bonds. The van der Waals surface area contributed by atoms with Crippen LogP contribution in [-0.2, 0) is 16.1 Å². The number of carbonyl (C=O) groups excluding carboxylic acids is 1. The molecule has 0 spiro atoms. The Morgan fingerprint density at radius 2 is 2.19 bits per heavy atom. The second kappa shape index (κ2) is 6.57. The minimum absolute atomic E-state index is 0.0327. The maximum Gasteiger partial charge on any atom is 0.327 e. The summed E-state index contributed by atoms with van der Waals surface area (Å²) in [6, 6.07) is 6.55. The predicted octanol–water partition coefficient (Wildman–Crippen LogP) is 1.02. The van der Waals surface area contributed by atoms with Crippen LogP contribution in [0.4, 0.5) is 0 Å². The SMILES string of the molecule is C#CCC(NC(=O)CCn1cnc2ccccc21)C(=O)O. The molecule has 2 N–H and O–H groups in total. The summed E-state index contributed by atoms with van der Waals surface area (Å²) < 4.78 is 1.85. The van der Waals surface area contributed by atoms with Crippen LogP contribution in [0.5, 0.6) is 0 Å². The second-order valence-corrected chi connectivity index (χ2v) is 4.54. The number of aliphatic carboxylic acids is 1. The lowest BCUT2D eigenvalue weighted by atomic mass is 10.2. The number of hydrogen-bond acceptors (Lipinski definition) is 3. The van der Waals surface area contributed by atoms with Crippen LogP contribution in [0.25, 0.3) is 11.0 Å². The van der Waals surface area contributed by atoms with Crippen LogP contribution in [0.2, 0.25) is 0 Å². The first kappa shape index (κ1) is 14.6. The Morgan fingerprint density at radius 1 is 1.43 bits per heavy atom. The van der Waals surface area contributed by atoms with Crippen molar-refractivity contribution in [3.8, 4) is 12.3 Å². The van der Waals surface area contributed by atoms with Gasteiger partial charge in [0, 0.05) is 19.4 Å². The highest BCUT2D eigenvalue weighted by molar-refractivity contribution is 5.83. The van der Waals surface area contributed by atoms with Crippen molar-refractivity contribution in [2.45, 2.75) is 25.4 Å². The molecule has 0 saturated carbocycles. The molecule has 0 fully saturated rings. The van der Waals surface area contributed by atoms with Crippen LogP contribution in [-0.4, -0.2) is 32.6 Å². The summed E-state index contributed by atoms with van der Waals surface area (Å²) in [7, 11) is 0. The third-order valence-electron chi connectivity index (χ3n) is 3.06. The molecule has 0 bridgehead atoms. The Bertz CT molecular complexity index is 699. The van der Waals surface area contributed by atoms with Gasteiger partial charge in [-0.25, -0.2) is 9.78 Å². The Morgan fingerprint density at radius 3 is 2.90 bits per heavy atom. The first-order chi connectivity index (χ1) is 10.1. The Labute approximate surface area is 121 Å². The van der Waals surface area contributed by atoms with Crippen LogP contribution >= 0.6 is 0 Å². The van der Waals surface area contributed by atoms with Gasteiger partial charge in [-0.3, -0.25) is 4.79 Å². The van der Waals surface area contributed by atoms with Crippen molar-refractivity contribution in [3.63, 3.8) is 0 Å². The second-order valence-electron chi connectivity index (χ2n) is 4.54. The zero-order valence-electron chi connectivity index (χ0n) is 11.3. The quantitative estimate of drug-likeness (QED) is 0.776. The summed E-state index contributed by atoms with van der Waals surface area (Å²) in [6.07, 6.45) is 6.87. The van der Waals surface area contributed by atoms with Gasteiger partial charge < -0.3 is 15.0 Å². The fraction of sp³-hybridized carbons (Fsp3) is 0.267. The lowest BCUT2D eigenvalue weighted by Gasteiger charge is -2.12. The number of nitrogens with zero attached hydrogens (tertiary/aromatic N) is 2. The number of nitrogens with one attached hydrogen (secondary N) is 1. The zero-order chi connectivity index (χ0) is 15.2. The van der Waals surface area contributed by atoms with E-state index in [-0.39, 0.29) is 18.7 Å². The Hall–Kier alpha value is -2.81. The van der Waals surface area contributed by atoms with E-state index in [1.54, 1.807) is 6.33 Å². The van der Waals surface area contributed by atoms with Gasteiger partial charge in [0.2, 0.25) is 5.91 Å². The van der Waals surface area contributed by atoms with Crippen molar-refractivity contribution < 1.29 is 14.7 Å². The lowest BCUT2D eigenvalue weighted by Crippen LogP contribution is -2.40. The van der Waals surface area contributed by atoms with E-state index in [9.17, 15) is 9.59 Å². The predicted molar refractivity (Wildman–Crippen MR) is 77.4 cm³/mol. The fourth-order valence-electron chi connectivity index (χ4n) is 1.99. The third-order valence-corrected chi connectivity index (χ3v) is 3.06. The summed E-state index contributed by atoms with van der Waals surface area (Å²) in [5, 5.41) is 11.3. The number of terminal acetylenes is 1. The highest BCUT2D eigenvalue weighted by Crippen LogP contribution is 2.12. The average Bonchev–Trinajstić information content (AvgIpc) is 2.88. The van der Waals surface area contributed by atoms with E-state index in [0.717, 1.165) is 11.0 Å². The number of imidazole rings is 1. The molecule has 0 aliphatic carbocycles. The van der Waals surface area contributed by atoms with Crippen LogP contribution in [0.15, 0.2) is 30.6 Å². The molecule has 1 aromatic carbocycles. The summed E-state index contributed by atoms with van der Waals surface area (Å²) in [5.41, 5.74) is 1.79. The number of carboxylic acids is 1. The first-order valence-electron chi connectivity index (χ1n) is 6.47. The number of aryl methyl sites for hydroxylation is 1. The maximum atomic E-state index is 11.8. The molecule has 108 valence electrons. The van der Waals surface area contributed by atoms with Crippen LogP contribution in [0.1, 0.15) is 12.8 Å². The number of carbonyl (C=O) groups is 2. The van der Waals surface area contributed by atoms with Crippen LogP contribution in [0, 0.1) is 12.3 Å². The van der Waals surface area contributed by atoms with Gasteiger partial charge in [-0.05, 0) is 12.1 Å². The van der Waals surface area contributed by atoms with Crippen molar-refractivity contribution in [2.75, 3.05) is 0 Å². The molecule has 2 aromatic rings. The summed E-state index contributed by atoms with van der Waals surface area (Å²) in [6.45, 7) is 0.425. The third kappa shape index (κ3) is 3.60. The molecular formula is C15H15N3O3. The van der Waals surface area contributed by atoms with Crippen LogP contribution in [0.3, 0.4) is 0 Å². The van der Waals surface area contributed by atoms with Crippen molar-refractivity contribution in [1.82, 2.24) is 14.9 Å². The van der Waals surface area contributed by atoms with Gasteiger partial charge in [0.25, 0.3) is 0 Å². The van der Waals surface area contributed by atoms with Gasteiger partial charge in [0.05, 0.1) is 17.4 Å². The smallest absolute Gasteiger partial charge is 0.327 e.